The normalized spacial score (nSPS) is 12.5. The van der Waals surface area contributed by atoms with E-state index in [0.717, 1.165) is 17.1 Å². The Labute approximate surface area is 129 Å². The molecule has 0 saturated heterocycles. The Morgan fingerprint density at radius 1 is 1.24 bits per heavy atom. The molecule has 0 spiro atoms. The maximum Gasteiger partial charge on any atom is 0.244 e. The smallest absolute Gasteiger partial charge is 0.244 e. The minimum atomic E-state index is -0.144. The van der Waals surface area contributed by atoms with E-state index in [9.17, 15) is 4.79 Å². The number of hydrogen-bond donors (Lipinski definition) is 1. The Bertz CT molecular complexity index is 628. The molecule has 2 aromatic rings. The molecule has 0 saturated carbocycles. The third-order valence-corrected chi connectivity index (χ3v) is 3.83. The number of furan rings is 1. The van der Waals surface area contributed by atoms with Gasteiger partial charge in [-0.1, -0.05) is 12.1 Å². The van der Waals surface area contributed by atoms with E-state index in [1.54, 1.807) is 23.9 Å². The van der Waals surface area contributed by atoms with Crippen molar-refractivity contribution in [2.24, 2.45) is 0 Å². The lowest BCUT2D eigenvalue weighted by atomic mass is 10.2. The van der Waals surface area contributed by atoms with Crippen molar-refractivity contribution < 1.29 is 9.21 Å². The van der Waals surface area contributed by atoms with E-state index < -0.39 is 0 Å². The first kappa shape index (κ1) is 15.4. The number of benzene rings is 1. The number of hydrogen-bond acceptors (Lipinski definition) is 3. The second-order valence-corrected chi connectivity index (χ2v) is 5.66. The van der Waals surface area contributed by atoms with Gasteiger partial charge in [-0.25, -0.2) is 0 Å². The third-order valence-electron chi connectivity index (χ3n) is 3.09. The molecule has 1 N–H and O–H groups in total. The van der Waals surface area contributed by atoms with Gasteiger partial charge in [-0.05, 0) is 56.0 Å². The van der Waals surface area contributed by atoms with Crippen molar-refractivity contribution in [2.45, 2.75) is 24.8 Å². The molecule has 4 heteroatoms. The van der Waals surface area contributed by atoms with Crippen molar-refractivity contribution in [3.63, 3.8) is 0 Å². The van der Waals surface area contributed by atoms with Crippen LogP contribution in [-0.2, 0) is 4.79 Å². The molecule has 0 radical (unpaired) electrons. The van der Waals surface area contributed by atoms with Crippen molar-refractivity contribution in [1.29, 1.82) is 0 Å². The van der Waals surface area contributed by atoms with Crippen LogP contribution in [0.1, 0.15) is 30.0 Å². The summed E-state index contributed by atoms with van der Waals surface area (Å²) in [6.45, 7) is 3.79. The van der Waals surface area contributed by atoms with Crippen LogP contribution in [0.3, 0.4) is 0 Å². The third kappa shape index (κ3) is 4.53. The van der Waals surface area contributed by atoms with Crippen LogP contribution in [-0.4, -0.2) is 12.2 Å². The second-order valence-electron chi connectivity index (χ2n) is 4.79. The molecule has 1 aromatic heterocycles. The fourth-order valence-electron chi connectivity index (χ4n) is 1.91. The van der Waals surface area contributed by atoms with Crippen LogP contribution >= 0.6 is 11.8 Å². The molecule has 1 aromatic carbocycles. The van der Waals surface area contributed by atoms with Crippen LogP contribution in [0.25, 0.3) is 6.08 Å². The van der Waals surface area contributed by atoms with Crippen LogP contribution in [0.2, 0.25) is 0 Å². The van der Waals surface area contributed by atoms with Gasteiger partial charge in [0.25, 0.3) is 0 Å². The molecule has 0 bridgehead atoms. The summed E-state index contributed by atoms with van der Waals surface area (Å²) in [5.74, 6) is 1.47. The lowest BCUT2D eigenvalue weighted by molar-refractivity contribution is -0.117. The summed E-state index contributed by atoms with van der Waals surface area (Å²) in [6.07, 6.45) is 5.38. The minimum absolute atomic E-state index is 0.134. The van der Waals surface area contributed by atoms with E-state index in [4.69, 9.17) is 4.42 Å². The van der Waals surface area contributed by atoms with Gasteiger partial charge >= 0.3 is 0 Å². The first-order valence-electron chi connectivity index (χ1n) is 6.77. The number of carbonyl (C=O) groups is 1. The van der Waals surface area contributed by atoms with Gasteiger partial charge in [0.15, 0.2) is 0 Å². The number of aryl methyl sites for hydroxylation is 1. The van der Waals surface area contributed by atoms with Crippen molar-refractivity contribution in [2.75, 3.05) is 6.26 Å². The van der Waals surface area contributed by atoms with E-state index in [0.29, 0.717) is 0 Å². The van der Waals surface area contributed by atoms with E-state index in [2.05, 4.69) is 5.32 Å². The zero-order chi connectivity index (χ0) is 15.2. The summed E-state index contributed by atoms with van der Waals surface area (Å²) in [4.78, 5) is 13.1. The Balaban J connectivity index is 1.92. The molecule has 110 valence electrons. The fourth-order valence-corrected chi connectivity index (χ4v) is 2.31. The molecule has 21 heavy (non-hydrogen) atoms. The van der Waals surface area contributed by atoms with Gasteiger partial charge < -0.3 is 9.73 Å². The fraction of sp³-hybridized carbons (Fsp3) is 0.235. The summed E-state index contributed by atoms with van der Waals surface area (Å²) < 4.78 is 5.49. The summed E-state index contributed by atoms with van der Waals surface area (Å²) in [5.41, 5.74) is 1.00. The standard InChI is InChI=1S/C17H19NO2S/c1-12-4-10-16(20-12)13(2)18-17(19)11-7-14-5-8-15(21-3)9-6-14/h4-11,13H,1-3H3,(H,18,19)/b11-7+. The molecule has 1 heterocycles. The number of nitrogens with one attached hydrogen (secondary N) is 1. The van der Waals surface area contributed by atoms with Gasteiger partial charge in [-0.2, -0.15) is 0 Å². The maximum atomic E-state index is 11.9. The molecule has 1 unspecified atom stereocenters. The van der Waals surface area contributed by atoms with Gasteiger partial charge in [0, 0.05) is 11.0 Å². The van der Waals surface area contributed by atoms with Crippen LogP contribution < -0.4 is 5.32 Å². The number of amides is 1. The predicted octanol–water partition coefficient (Wildman–Crippen LogP) is 4.20. The van der Waals surface area contributed by atoms with Gasteiger partial charge in [0.05, 0.1) is 6.04 Å². The summed E-state index contributed by atoms with van der Waals surface area (Å²) in [5, 5.41) is 2.88. The summed E-state index contributed by atoms with van der Waals surface area (Å²) >= 11 is 1.70. The topological polar surface area (TPSA) is 42.2 Å². The Morgan fingerprint density at radius 3 is 2.52 bits per heavy atom. The maximum absolute atomic E-state index is 11.9. The highest BCUT2D eigenvalue weighted by atomic mass is 32.2. The largest absolute Gasteiger partial charge is 0.464 e. The van der Waals surface area contributed by atoms with Crippen LogP contribution in [0.15, 0.2) is 51.8 Å². The molecule has 3 nitrogen and oxygen atoms in total. The molecule has 0 aliphatic carbocycles. The average molecular weight is 301 g/mol. The number of rotatable bonds is 5. The van der Waals surface area contributed by atoms with Crippen molar-refractivity contribution >= 4 is 23.7 Å². The number of carbonyl (C=O) groups excluding carboxylic acids is 1. The highest BCUT2D eigenvalue weighted by Gasteiger charge is 2.10. The van der Waals surface area contributed by atoms with Gasteiger partial charge in [0.2, 0.25) is 5.91 Å². The quantitative estimate of drug-likeness (QED) is 0.665. The molecule has 0 aliphatic heterocycles. The zero-order valence-corrected chi connectivity index (χ0v) is 13.2. The second kappa shape index (κ2) is 7.18. The monoisotopic (exact) mass is 301 g/mol. The van der Waals surface area contributed by atoms with E-state index in [1.165, 1.54) is 4.90 Å². The van der Waals surface area contributed by atoms with Gasteiger partial charge in [-0.3, -0.25) is 4.79 Å². The first-order valence-corrected chi connectivity index (χ1v) is 8.00. The molecular weight excluding hydrogens is 282 g/mol. The SMILES string of the molecule is CSc1ccc(/C=C/C(=O)NC(C)c2ccc(C)o2)cc1. The molecular formula is C17H19NO2S. The Morgan fingerprint density at radius 2 is 1.95 bits per heavy atom. The molecule has 1 amide bonds. The lowest BCUT2D eigenvalue weighted by Gasteiger charge is -2.09. The molecule has 2 rings (SSSR count). The van der Waals surface area contributed by atoms with Crippen LogP contribution in [0.4, 0.5) is 0 Å². The Kier molecular flexibility index (Phi) is 5.28. The van der Waals surface area contributed by atoms with Crippen molar-refractivity contribution in [1.82, 2.24) is 5.32 Å². The zero-order valence-electron chi connectivity index (χ0n) is 12.4. The molecule has 0 aliphatic rings. The predicted molar refractivity (Wildman–Crippen MR) is 87.3 cm³/mol. The van der Waals surface area contributed by atoms with E-state index in [-0.39, 0.29) is 11.9 Å². The van der Waals surface area contributed by atoms with Crippen molar-refractivity contribution in [3.8, 4) is 0 Å². The lowest BCUT2D eigenvalue weighted by Crippen LogP contribution is -2.24. The minimum Gasteiger partial charge on any atom is -0.464 e. The van der Waals surface area contributed by atoms with Gasteiger partial charge in [0.1, 0.15) is 11.5 Å². The average Bonchev–Trinajstić information content (AvgIpc) is 2.92. The van der Waals surface area contributed by atoms with Crippen molar-refractivity contribution in [3.05, 3.63) is 59.6 Å². The van der Waals surface area contributed by atoms with E-state index in [1.807, 2.05) is 56.5 Å². The highest BCUT2D eigenvalue weighted by molar-refractivity contribution is 7.98. The molecule has 0 fully saturated rings. The Hall–Kier alpha value is -1.94. The van der Waals surface area contributed by atoms with Gasteiger partial charge in [-0.15, -0.1) is 11.8 Å². The first-order chi connectivity index (χ1) is 10.1. The molecule has 1 atom stereocenters. The highest BCUT2D eigenvalue weighted by Crippen LogP contribution is 2.16. The summed E-state index contributed by atoms with van der Waals surface area (Å²) in [7, 11) is 0. The van der Waals surface area contributed by atoms with Crippen LogP contribution in [0, 0.1) is 6.92 Å². The van der Waals surface area contributed by atoms with Crippen LogP contribution in [0.5, 0.6) is 0 Å². The van der Waals surface area contributed by atoms with E-state index >= 15 is 0 Å². The summed E-state index contributed by atoms with van der Waals surface area (Å²) in [6, 6.07) is 11.7. The number of thioether (sulfide) groups is 1.